The second kappa shape index (κ2) is 8.84. The van der Waals surface area contributed by atoms with Gasteiger partial charge >= 0.3 is 12.1 Å². The number of alkyl halides is 3. The minimum absolute atomic E-state index is 0.0356. The van der Waals surface area contributed by atoms with Gasteiger partial charge in [0.25, 0.3) is 5.91 Å². The van der Waals surface area contributed by atoms with Crippen LogP contribution in [0.2, 0.25) is 0 Å². The van der Waals surface area contributed by atoms with Crippen molar-refractivity contribution in [3.05, 3.63) is 29.8 Å². The first-order valence-corrected chi connectivity index (χ1v) is 9.68. The van der Waals surface area contributed by atoms with Crippen LogP contribution in [0.15, 0.2) is 24.3 Å². The Kier molecular flexibility index (Phi) is 6.44. The van der Waals surface area contributed by atoms with E-state index in [1.807, 2.05) is 0 Å². The summed E-state index contributed by atoms with van der Waals surface area (Å²) in [6.07, 6.45) is 0.535. The van der Waals surface area contributed by atoms with Crippen molar-refractivity contribution in [1.82, 2.24) is 4.90 Å². The van der Waals surface area contributed by atoms with E-state index in [2.05, 4.69) is 5.32 Å². The molecule has 1 aliphatic carbocycles. The van der Waals surface area contributed by atoms with E-state index >= 15 is 0 Å². The fourth-order valence-corrected chi connectivity index (χ4v) is 3.92. The molecule has 6 nitrogen and oxygen atoms in total. The molecule has 2 fully saturated rings. The summed E-state index contributed by atoms with van der Waals surface area (Å²) < 4.78 is 43.9. The Bertz CT molecular complexity index is 775. The Labute approximate surface area is 166 Å². The third kappa shape index (κ3) is 5.27. The predicted octanol–water partition coefficient (Wildman–Crippen LogP) is 3.37. The summed E-state index contributed by atoms with van der Waals surface area (Å²) in [6, 6.07) is 4.71. The maximum Gasteiger partial charge on any atom is 0.418 e. The van der Waals surface area contributed by atoms with Crippen molar-refractivity contribution in [3.8, 4) is 0 Å². The lowest BCUT2D eigenvalue weighted by Gasteiger charge is -2.31. The topological polar surface area (TPSA) is 75.7 Å². The van der Waals surface area contributed by atoms with Crippen molar-refractivity contribution >= 4 is 23.5 Å². The van der Waals surface area contributed by atoms with Gasteiger partial charge in [0.05, 0.1) is 17.2 Å². The molecule has 3 rings (SSSR count). The number of nitrogens with zero attached hydrogens (tertiary/aromatic N) is 1. The van der Waals surface area contributed by atoms with E-state index in [-0.39, 0.29) is 24.9 Å². The lowest BCUT2D eigenvalue weighted by Crippen LogP contribution is -2.38. The minimum Gasteiger partial charge on any atom is -0.455 e. The van der Waals surface area contributed by atoms with E-state index in [9.17, 15) is 27.6 Å². The Hall–Kier alpha value is -2.58. The molecule has 1 aliphatic heterocycles. The van der Waals surface area contributed by atoms with Crippen LogP contribution < -0.4 is 5.32 Å². The maximum atomic E-state index is 13.0. The number of carbonyl (C=O) groups excluding carboxylic acids is 3. The zero-order valence-corrected chi connectivity index (χ0v) is 15.8. The molecule has 1 N–H and O–H groups in total. The third-order valence-electron chi connectivity index (χ3n) is 5.36. The standard InChI is InChI=1S/C20H23F3N2O4/c21-20(22,23)15-8-4-5-9-16(15)24-17(26)12-29-19(28)13-10-18(27)25(11-13)14-6-2-1-3-7-14/h4-5,8-9,13-14H,1-3,6-7,10-12H2,(H,24,26)/t13-/m1/s1. The molecule has 0 aromatic heterocycles. The van der Waals surface area contributed by atoms with E-state index in [0.717, 1.165) is 44.2 Å². The minimum atomic E-state index is -4.62. The summed E-state index contributed by atoms with van der Waals surface area (Å²) in [6.45, 7) is -0.444. The van der Waals surface area contributed by atoms with Crippen molar-refractivity contribution < 1.29 is 32.3 Å². The van der Waals surface area contributed by atoms with Gasteiger partial charge in [0.2, 0.25) is 5.91 Å². The maximum absolute atomic E-state index is 13.0. The molecule has 1 atom stereocenters. The summed E-state index contributed by atoms with van der Waals surface area (Å²) in [7, 11) is 0. The van der Waals surface area contributed by atoms with Gasteiger partial charge < -0.3 is 15.0 Å². The van der Waals surface area contributed by atoms with Gasteiger partial charge in [-0.15, -0.1) is 0 Å². The molecule has 2 amide bonds. The number of hydrogen-bond acceptors (Lipinski definition) is 4. The largest absolute Gasteiger partial charge is 0.455 e. The van der Waals surface area contributed by atoms with Crippen LogP contribution in [0.5, 0.6) is 0 Å². The molecule has 0 radical (unpaired) electrons. The Balaban J connectivity index is 1.51. The van der Waals surface area contributed by atoms with Crippen LogP contribution >= 0.6 is 0 Å². The molecule has 158 valence electrons. The lowest BCUT2D eigenvalue weighted by molar-refractivity contribution is -0.151. The Morgan fingerprint density at radius 2 is 1.83 bits per heavy atom. The molecule has 9 heteroatoms. The number of benzene rings is 1. The Morgan fingerprint density at radius 3 is 2.52 bits per heavy atom. The van der Waals surface area contributed by atoms with Crippen molar-refractivity contribution in [3.63, 3.8) is 0 Å². The first-order chi connectivity index (χ1) is 13.8. The van der Waals surface area contributed by atoms with Crippen molar-refractivity contribution in [2.24, 2.45) is 5.92 Å². The molecule has 2 aliphatic rings. The van der Waals surface area contributed by atoms with E-state index in [1.165, 1.54) is 12.1 Å². The molecule has 0 unspecified atom stereocenters. The fourth-order valence-electron chi connectivity index (χ4n) is 3.92. The van der Waals surface area contributed by atoms with Crippen LogP contribution in [-0.4, -0.2) is 41.9 Å². The van der Waals surface area contributed by atoms with Gasteiger partial charge in [0, 0.05) is 19.0 Å². The van der Waals surface area contributed by atoms with Crippen LogP contribution in [0.3, 0.4) is 0 Å². The molecule has 1 saturated heterocycles. The second-order valence-electron chi connectivity index (χ2n) is 7.44. The predicted molar refractivity (Wildman–Crippen MR) is 97.7 cm³/mol. The number of halogens is 3. The summed E-state index contributed by atoms with van der Waals surface area (Å²) in [4.78, 5) is 38.2. The van der Waals surface area contributed by atoms with Crippen LogP contribution in [0.25, 0.3) is 0 Å². The van der Waals surface area contributed by atoms with E-state index in [4.69, 9.17) is 4.74 Å². The number of ether oxygens (including phenoxy) is 1. The normalized spacial score (nSPS) is 20.6. The van der Waals surface area contributed by atoms with Gasteiger partial charge in [-0.25, -0.2) is 0 Å². The molecule has 1 aromatic carbocycles. The van der Waals surface area contributed by atoms with Gasteiger partial charge in [-0.05, 0) is 25.0 Å². The number of likely N-dealkylation sites (tertiary alicyclic amines) is 1. The number of para-hydroxylation sites is 1. The van der Waals surface area contributed by atoms with Gasteiger partial charge in [-0.3, -0.25) is 14.4 Å². The third-order valence-corrected chi connectivity index (χ3v) is 5.36. The summed E-state index contributed by atoms with van der Waals surface area (Å²) in [5, 5.41) is 2.12. The van der Waals surface area contributed by atoms with Crippen molar-refractivity contribution in [2.75, 3.05) is 18.5 Å². The second-order valence-corrected chi connectivity index (χ2v) is 7.44. The highest BCUT2D eigenvalue weighted by Crippen LogP contribution is 2.34. The van der Waals surface area contributed by atoms with Crippen molar-refractivity contribution in [1.29, 1.82) is 0 Å². The highest BCUT2D eigenvalue weighted by Gasteiger charge is 2.39. The molecule has 0 bridgehead atoms. The first kappa shape index (κ1) is 21.1. The Morgan fingerprint density at radius 1 is 1.14 bits per heavy atom. The monoisotopic (exact) mass is 412 g/mol. The number of carbonyl (C=O) groups is 3. The van der Waals surface area contributed by atoms with E-state index in [0.29, 0.717) is 0 Å². The molecule has 1 heterocycles. The number of amides is 2. The smallest absolute Gasteiger partial charge is 0.418 e. The molecule has 1 saturated carbocycles. The lowest BCUT2D eigenvalue weighted by atomic mass is 9.94. The van der Waals surface area contributed by atoms with Crippen LogP contribution in [0, 0.1) is 5.92 Å². The summed E-state index contributed by atoms with van der Waals surface area (Å²) >= 11 is 0. The van der Waals surface area contributed by atoms with Crippen LogP contribution in [0.4, 0.5) is 18.9 Å². The first-order valence-electron chi connectivity index (χ1n) is 9.68. The molecular formula is C20H23F3N2O4. The average Bonchev–Trinajstić information content (AvgIpc) is 3.08. The summed E-state index contributed by atoms with van der Waals surface area (Å²) in [5.74, 6) is -2.30. The van der Waals surface area contributed by atoms with Gasteiger partial charge in [-0.1, -0.05) is 31.4 Å². The average molecular weight is 412 g/mol. The highest BCUT2D eigenvalue weighted by atomic mass is 19.4. The van der Waals surface area contributed by atoms with E-state index in [1.54, 1.807) is 4.90 Å². The molecule has 1 aromatic rings. The van der Waals surface area contributed by atoms with Crippen LogP contribution in [0.1, 0.15) is 44.1 Å². The zero-order chi connectivity index (χ0) is 21.0. The van der Waals surface area contributed by atoms with Gasteiger partial charge in [-0.2, -0.15) is 13.2 Å². The van der Waals surface area contributed by atoms with Crippen molar-refractivity contribution in [2.45, 2.75) is 50.7 Å². The fraction of sp³-hybridized carbons (Fsp3) is 0.550. The zero-order valence-electron chi connectivity index (χ0n) is 15.8. The van der Waals surface area contributed by atoms with E-state index < -0.39 is 41.8 Å². The quantitative estimate of drug-likeness (QED) is 0.753. The summed E-state index contributed by atoms with van der Waals surface area (Å²) in [5.41, 5.74) is -1.38. The van der Waals surface area contributed by atoms with Gasteiger partial charge in [0.15, 0.2) is 6.61 Å². The number of esters is 1. The number of nitrogens with one attached hydrogen (secondary N) is 1. The molecular weight excluding hydrogens is 389 g/mol. The van der Waals surface area contributed by atoms with Gasteiger partial charge in [0.1, 0.15) is 0 Å². The SMILES string of the molecule is O=C(COC(=O)[C@@H]1CC(=O)N(C2CCCCC2)C1)Nc1ccccc1C(F)(F)F. The number of anilines is 1. The number of hydrogen-bond donors (Lipinski definition) is 1. The van der Waals surface area contributed by atoms with Crippen LogP contribution in [-0.2, 0) is 25.3 Å². The molecule has 29 heavy (non-hydrogen) atoms. The molecule has 0 spiro atoms. The highest BCUT2D eigenvalue weighted by molar-refractivity contribution is 5.94. The number of rotatable bonds is 5.